The first kappa shape index (κ1) is 13.9. The number of ether oxygens (including phenoxy) is 2. The van der Waals surface area contributed by atoms with Gasteiger partial charge in [-0.2, -0.15) is 9.61 Å². The highest BCUT2D eigenvalue weighted by Gasteiger charge is 2.19. The van der Waals surface area contributed by atoms with E-state index < -0.39 is 0 Å². The van der Waals surface area contributed by atoms with Crippen molar-refractivity contribution in [3.63, 3.8) is 0 Å². The Morgan fingerprint density at radius 1 is 1.23 bits per heavy atom. The summed E-state index contributed by atoms with van der Waals surface area (Å²) in [5.74, 6) is 1.54. The number of benzene rings is 1. The van der Waals surface area contributed by atoms with E-state index in [-0.39, 0.29) is 11.3 Å². The van der Waals surface area contributed by atoms with Crippen molar-refractivity contribution in [3.05, 3.63) is 28.2 Å². The molecule has 3 aromatic rings. The summed E-state index contributed by atoms with van der Waals surface area (Å²) < 4.78 is 12.1. The minimum Gasteiger partial charge on any atom is -0.493 e. The van der Waals surface area contributed by atoms with Gasteiger partial charge >= 0.3 is 0 Å². The highest BCUT2D eigenvalue weighted by atomic mass is 16.5. The monoisotopic (exact) mass is 302 g/mol. The molecule has 9 nitrogen and oxygen atoms in total. The molecule has 2 heterocycles. The number of hydrogen-bond acceptors (Lipinski definition) is 7. The van der Waals surface area contributed by atoms with Crippen LogP contribution in [0, 0.1) is 6.92 Å². The maximum absolute atomic E-state index is 11.6. The number of nitrogens with one attached hydrogen (secondary N) is 1. The van der Waals surface area contributed by atoms with Crippen molar-refractivity contribution in [1.29, 1.82) is 0 Å². The predicted octanol–water partition coefficient (Wildman–Crippen LogP) is 0.387. The molecule has 0 bridgehead atoms. The van der Waals surface area contributed by atoms with Crippen molar-refractivity contribution in [1.82, 2.24) is 24.8 Å². The Bertz CT molecular complexity index is 914. The molecule has 3 rings (SSSR count). The molecule has 3 N–H and O–H groups in total. The Kier molecular flexibility index (Phi) is 3.17. The van der Waals surface area contributed by atoms with Gasteiger partial charge in [-0.25, -0.2) is 0 Å². The van der Waals surface area contributed by atoms with Crippen molar-refractivity contribution in [3.8, 4) is 22.9 Å². The van der Waals surface area contributed by atoms with Gasteiger partial charge < -0.3 is 15.2 Å². The van der Waals surface area contributed by atoms with E-state index in [1.165, 1.54) is 18.7 Å². The summed E-state index contributed by atoms with van der Waals surface area (Å²) in [5, 5.41) is 12.2. The lowest BCUT2D eigenvalue weighted by atomic mass is 10.1. The van der Waals surface area contributed by atoms with Crippen LogP contribution in [0.5, 0.6) is 11.5 Å². The summed E-state index contributed by atoms with van der Waals surface area (Å²) in [4.78, 5) is 14.2. The zero-order chi connectivity index (χ0) is 15.9. The number of nitrogens with zero attached hydrogens (tertiary/aromatic N) is 4. The predicted molar refractivity (Wildman–Crippen MR) is 79.1 cm³/mol. The number of hydrogen-bond donors (Lipinski definition) is 2. The van der Waals surface area contributed by atoms with Crippen LogP contribution in [-0.4, -0.2) is 39.0 Å². The molecule has 0 aliphatic rings. The number of aromatic amines is 1. The zero-order valence-corrected chi connectivity index (χ0v) is 12.2. The number of H-pyrrole nitrogens is 1. The Hall–Kier alpha value is -3.10. The molecule has 0 fully saturated rings. The van der Waals surface area contributed by atoms with Crippen molar-refractivity contribution < 1.29 is 9.47 Å². The SMILES string of the molecule is COc1cc(N)cc(-c2nnc3[nH]c(=O)c(C)nn23)c1OC. The van der Waals surface area contributed by atoms with Crippen LogP contribution in [0.15, 0.2) is 16.9 Å². The van der Waals surface area contributed by atoms with Crippen LogP contribution >= 0.6 is 0 Å². The van der Waals surface area contributed by atoms with Crippen LogP contribution in [-0.2, 0) is 0 Å². The standard InChI is InChI=1S/C13H14N6O3/c1-6-12(20)15-13-17-16-11(19(13)18-6)8-4-7(14)5-9(21-2)10(8)22-3/h4-5H,14H2,1-3H3,(H,15,17,20). The smallest absolute Gasteiger partial charge is 0.273 e. The minimum absolute atomic E-state index is 0.231. The van der Waals surface area contributed by atoms with Gasteiger partial charge in [0, 0.05) is 11.8 Å². The molecule has 22 heavy (non-hydrogen) atoms. The first-order chi connectivity index (χ1) is 10.5. The molecule has 0 spiro atoms. The second-order valence-corrected chi connectivity index (χ2v) is 4.60. The van der Waals surface area contributed by atoms with Gasteiger partial charge in [0.1, 0.15) is 5.69 Å². The second kappa shape index (κ2) is 5.02. The van der Waals surface area contributed by atoms with E-state index >= 15 is 0 Å². The lowest BCUT2D eigenvalue weighted by Crippen LogP contribution is -2.15. The maximum Gasteiger partial charge on any atom is 0.273 e. The van der Waals surface area contributed by atoms with Gasteiger partial charge in [0.25, 0.3) is 11.3 Å². The summed E-state index contributed by atoms with van der Waals surface area (Å²) in [6, 6.07) is 3.33. The average Bonchev–Trinajstić information content (AvgIpc) is 2.89. The van der Waals surface area contributed by atoms with E-state index in [9.17, 15) is 4.79 Å². The third-order valence-corrected chi connectivity index (χ3v) is 3.19. The van der Waals surface area contributed by atoms with Gasteiger partial charge in [0.05, 0.1) is 19.8 Å². The Morgan fingerprint density at radius 3 is 2.68 bits per heavy atom. The van der Waals surface area contributed by atoms with E-state index in [1.807, 2.05) is 0 Å². The van der Waals surface area contributed by atoms with Crippen LogP contribution in [0.4, 0.5) is 5.69 Å². The summed E-state index contributed by atoms with van der Waals surface area (Å²) in [5.41, 5.74) is 6.91. The van der Waals surface area contributed by atoms with Gasteiger partial charge in [0.2, 0.25) is 0 Å². The molecule has 0 aliphatic heterocycles. The van der Waals surface area contributed by atoms with E-state index in [1.54, 1.807) is 19.1 Å². The molecule has 0 radical (unpaired) electrons. The number of rotatable bonds is 3. The van der Waals surface area contributed by atoms with Crippen molar-refractivity contribution in [2.75, 3.05) is 20.0 Å². The quantitative estimate of drug-likeness (QED) is 0.671. The average molecular weight is 302 g/mol. The molecule has 2 aromatic heterocycles. The van der Waals surface area contributed by atoms with Crippen LogP contribution < -0.4 is 20.8 Å². The molecule has 114 valence electrons. The van der Waals surface area contributed by atoms with E-state index in [2.05, 4.69) is 20.3 Å². The van der Waals surface area contributed by atoms with Gasteiger partial charge in [-0.3, -0.25) is 9.78 Å². The van der Waals surface area contributed by atoms with Gasteiger partial charge in [0.15, 0.2) is 17.3 Å². The number of anilines is 1. The topological polar surface area (TPSA) is 120 Å². The fourth-order valence-corrected chi connectivity index (χ4v) is 2.16. The lowest BCUT2D eigenvalue weighted by molar-refractivity contribution is 0.356. The van der Waals surface area contributed by atoms with E-state index in [0.717, 1.165) is 0 Å². The molecule has 1 aromatic carbocycles. The third kappa shape index (κ3) is 2.03. The molecule has 0 amide bonds. The Morgan fingerprint density at radius 2 is 2.00 bits per heavy atom. The molecule has 0 saturated heterocycles. The van der Waals surface area contributed by atoms with E-state index in [0.29, 0.717) is 34.3 Å². The van der Waals surface area contributed by atoms with Gasteiger partial charge in [-0.15, -0.1) is 10.2 Å². The minimum atomic E-state index is -0.316. The number of nitrogen functional groups attached to an aromatic ring is 1. The highest BCUT2D eigenvalue weighted by molar-refractivity contribution is 5.74. The lowest BCUT2D eigenvalue weighted by Gasteiger charge is -2.12. The fraction of sp³-hybridized carbons (Fsp3) is 0.231. The summed E-state index contributed by atoms with van der Waals surface area (Å²) in [7, 11) is 3.03. The second-order valence-electron chi connectivity index (χ2n) is 4.60. The molecular formula is C13H14N6O3. The normalized spacial score (nSPS) is 10.9. The number of aromatic nitrogens is 5. The third-order valence-electron chi connectivity index (χ3n) is 3.19. The van der Waals surface area contributed by atoms with Crippen molar-refractivity contribution in [2.45, 2.75) is 6.92 Å². The molecule has 0 saturated carbocycles. The fourth-order valence-electron chi connectivity index (χ4n) is 2.16. The van der Waals surface area contributed by atoms with Crippen LogP contribution in [0.2, 0.25) is 0 Å². The molecule has 9 heteroatoms. The van der Waals surface area contributed by atoms with Crippen LogP contribution in [0.1, 0.15) is 5.69 Å². The number of methoxy groups -OCH3 is 2. The maximum atomic E-state index is 11.6. The van der Waals surface area contributed by atoms with Crippen LogP contribution in [0.25, 0.3) is 17.2 Å². The Labute approximate surface area is 124 Å². The first-order valence-corrected chi connectivity index (χ1v) is 6.39. The van der Waals surface area contributed by atoms with Crippen LogP contribution in [0.3, 0.4) is 0 Å². The van der Waals surface area contributed by atoms with E-state index in [4.69, 9.17) is 15.2 Å². The van der Waals surface area contributed by atoms with Crippen molar-refractivity contribution >= 4 is 11.5 Å². The highest BCUT2D eigenvalue weighted by Crippen LogP contribution is 2.39. The van der Waals surface area contributed by atoms with Gasteiger partial charge in [-0.1, -0.05) is 0 Å². The van der Waals surface area contributed by atoms with Crippen molar-refractivity contribution in [2.24, 2.45) is 0 Å². The summed E-state index contributed by atoms with van der Waals surface area (Å²) in [6.07, 6.45) is 0. The summed E-state index contributed by atoms with van der Waals surface area (Å²) in [6.45, 7) is 1.60. The molecular weight excluding hydrogens is 288 g/mol. The summed E-state index contributed by atoms with van der Waals surface area (Å²) >= 11 is 0. The number of fused-ring (bicyclic) bond motifs is 1. The first-order valence-electron chi connectivity index (χ1n) is 6.39. The van der Waals surface area contributed by atoms with Gasteiger partial charge in [-0.05, 0) is 13.0 Å². The molecule has 0 unspecified atom stereocenters. The molecule has 0 atom stereocenters. The number of aryl methyl sites for hydroxylation is 1. The number of nitrogens with two attached hydrogens (primary N) is 1. The zero-order valence-electron chi connectivity index (χ0n) is 12.2. The molecule has 0 aliphatic carbocycles. The Balaban J connectivity index is 2.34. The largest absolute Gasteiger partial charge is 0.493 e.